The van der Waals surface area contributed by atoms with Crippen molar-refractivity contribution >= 4 is 5.97 Å². The Morgan fingerprint density at radius 2 is 1.47 bits per heavy atom. The SMILES string of the molecule is [2H]C1CCCCCCCCCC/C=C\COC1=O. The Kier molecular flexibility index (Phi) is 7.72. The maximum absolute atomic E-state index is 11.5. The van der Waals surface area contributed by atoms with Gasteiger partial charge in [0.05, 0.1) is 0 Å². The lowest BCUT2D eigenvalue weighted by atomic mass is 10.1. The fourth-order valence-electron chi connectivity index (χ4n) is 2.06. The molecule has 1 heterocycles. The first-order chi connectivity index (χ1) is 8.80. The minimum atomic E-state index is -0.689. The first kappa shape index (κ1) is 12.7. The fraction of sp³-hybridized carbons (Fsp3) is 0.800. The number of carbonyl (C=O) groups is 1. The predicted octanol–water partition coefficient (Wildman–Crippen LogP) is 4.39. The van der Waals surface area contributed by atoms with Crippen LogP contribution in [0, 0.1) is 0 Å². The quantitative estimate of drug-likeness (QED) is 0.463. The number of ether oxygens (including phenoxy) is 1. The highest BCUT2D eigenvalue weighted by molar-refractivity contribution is 5.69. The van der Waals surface area contributed by atoms with E-state index in [1.807, 2.05) is 6.08 Å². The molecule has 2 nitrogen and oxygen atoms in total. The van der Waals surface area contributed by atoms with Gasteiger partial charge in [0.2, 0.25) is 0 Å². The molecule has 0 aromatic carbocycles. The van der Waals surface area contributed by atoms with Gasteiger partial charge < -0.3 is 4.74 Å². The zero-order chi connectivity index (χ0) is 13.1. The van der Waals surface area contributed by atoms with E-state index in [9.17, 15) is 4.79 Å². The molecule has 98 valence electrons. The van der Waals surface area contributed by atoms with Crippen molar-refractivity contribution in [3.63, 3.8) is 0 Å². The van der Waals surface area contributed by atoms with Crippen LogP contribution in [0.15, 0.2) is 12.2 Å². The van der Waals surface area contributed by atoms with Crippen LogP contribution in [-0.4, -0.2) is 12.6 Å². The third-order valence-electron chi connectivity index (χ3n) is 3.12. The van der Waals surface area contributed by atoms with Crippen molar-refractivity contribution in [3.8, 4) is 0 Å². The number of allylic oxidation sites excluding steroid dienone is 1. The van der Waals surface area contributed by atoms with E-state index in [0.29, 0.717) is 13.0 Å². The Hall–Kier alpha value is -0.790. The molecular weight excluding hydrogens is 212 g/mol. The Morgan fingerprint density at radius 1 is 0.882 bits per heavy atom. The molecule has 0 aliphatic carbocycles. The van der Waals surface area contributed by atoms with Gasteiger partial charge in [-0.25, -0.2) is 0 Å². The minimum absolute atomic E-state index is 0.328. The second-order valence-electron chi connectivity index (χ2n) is 4.71. The number of hydrogen-bond acceptors (Lipinski definition) is 2. The molecule has 17 heavy (non-hydrogen) atoms. The summed E-state index contributed by atoms with van der Waals surface area (Å²) in [6.07, 6.45) is 14.8. The smallest absolute Gasteiger partial charge is 0.306 e. The lowest BCUT2D eigenvalue weighted by molar-refractivity contribution is -0.142. The zero-order valence-electron chi connectivity index (χ0n) is 11.8. The van der Waals surface area contributed by atoms with Crippen molar-refractivity contribution in [1.29, 1.82) is 0 Å². The van der Waals surface area contributed by atoms with E-state index >= 15 is 0 Å². The van der Waals surface area contributed by atoms with Crippen LogP contribution in [0.4, 0.5) is 0 Å². The van der Waals surface area contributed by atoms with Crippen LogP contribution in [0.2, 0.25) is 0 Å². The average Bonchev–Trinajstić information content (AvgIpc) is 2.37. The first-order valence-electron chi connectivity index (χ1n) is 7.62. The molecular formula is C15H26O2. The van der Waals surface area contributed by atoms with Crippen LogP contribution in [0.3, 0.4) is 0 Å². The summed E-state index contributed by atoms with van der Waals surface area (Å²) < 4.78 is 12.7. The summed E-state index contributed by atoms with van der Waals surface area (Å²) in [6.45, 7) is 0.328. The van der Waals surface area contributed by atoms with Gasteiger partial charge in [-0.2, -0.15) is 0 Å². The highest BCUT2D eigenvalue weighted by Crippen LogP contribution is 2.12. The highest BCUT2D eigenvalue weighted by atomic mass is 16.5. The summed E-state index contributed by atoms with van der Waals surface area (Å²) in [5.41, 5.74) is 0. The Bertz CT molecular complexity index is 251. The summed E-state index contributed by atoms with van der Waals surface area (Å²) in [5, 5.41) is 0. The van der Waals surface area contributed by atoms with Gasteiger partial charge in [0.25, 0.3) is 0 Å². The molecule has 0 saturated carbocycles. The van der Waals surface area contributed by atoms with Gasteiger partial charge in [-0.15, -0.1) is 0 Å². The number of carbonyl (C=O) groups excluding carboxylic acids is 1. The Morgan fingerprint density at radius 3 is 2.18 bits per heavy atom. The molecule has 0 saturated heterocycles. The first-order valence-corrected chi connectivity index (χ1v) is 7.04. The molecule has 1 aliphatic rings. The van der Waals surface area contributed by atoms with Gasteiger partial charge >= 0.3 is 5.97 Å². The van der Waals surface area contributed by atoms with E-state index in [-0.39, 0.29) is 5.97 Å². The van der Waals surface area contributed by atoms with Crippen LogP contribution in [0.25, 0.3) is 0 Å². The van der Waals surface area contributed by atoms with Gasteiger partial charge in [-0.3, -0.25) is 4.79 Å². The molecule has 1 rings (SSSR count). The van der Waals surface area contributed by atoms with Crippen molar-refractivity contribution < 1.29 is 10.9 Å². The second-order valence-corrected chi connectivity index (χ2v) is 4.71. The summed E-state index contributed by atoms with van der Waals surface area (Å²) in [7, 11) is 0. The van der Waals surface area contributed by atoms with Crippen LogP contribution in [0.1, 0.15) is 72.0 Å². The molecule has 0 fully saturated rings. The summed E-state index contributed by atoms with van der Waals surface area (Å²) in [5.74, 6) is -0.369. The molecule has 0 amide bonds. The van der Waals surface area contributed by atoms with Crippen LogP contribution in [0.5, 0.6) is 0 Å². The van der Waals surface area contributed by atoms with Gasteiger partial charge in [0.1, 0.15) is 6.61 Å². The van der Waals surface area contributed by atoms with Crippen molar-refractivity contribution in [2.24, 2.45) is 0 Å². The average molecular weight is 239 g/mol. The van der Waals surface area contributed by atoms with E-state index in [1.165, 1.54) is 38.5 Å². The summed E-state index contributed by atoms with van der Waals surface area (Å²) in [4.78, 5) is 11.5. The molecule has 1 atom stereocenters. The van der Waals surface area contributed by atoms with Gasteiger partial charge in [-0.05, 0) is 19.3 Å². The van der Waals surface area contributed by atoms with Crippen LogP contribution in [-0.2, 0) is 9.53 Å². The zero-order valence-corrected chi connectivity index (χ0v) is 10.8. The molecule has 0 bridgehead atoms. The number of rotatable bonds is 0. The van der Waals surface area contributed by atoms with E-state index in [2.05, 4.69) is 6.08 Å². The standard InChI is InChI=1S/C15H26O2/c16-15-13-11-9-7-5-3-1-2-4-6-8-10-12-14-17-15/h10,12H,1-9,11,13-14H2/b12-10-/i13D. The third kappa shape index (κ3) is 8.96. The maximum atomic E-state index is 11.5. The highest BCUT2D eigenvalue weighted by Gasteiger charge is 2.01. The van der Waals surface area contributed by atoms with Crippen molar-refractivity contribution in [3.05, 3.63) is 12.2 Å². The van der Waals surface area contributed by atoms with Crippen molar-refractivity contribution in [2.45, 2.75) is 70.6 Å². The topological polar surface area (TPSA) is 26.3 Å². The van der Waals surface area contributed by atoms with E-state index < -0.39 is 6.40 Å². The predicted molar refractivity (Wildman–Crippen MR) is 70.9 cm³/mol. The molecule has 1 unspecified atom stereocenters. The molecule has 1 aliphatic heterocycles. The van der Waals surface area contributed by atoms with E-state index in [0.717, 1.165) is 19.3 Å². The Balaban J connectivity index is 2.29. The fourth-order valence-corrected chi connectivity index (χ4v) is 2.06. The number of cyclic esters (lactones) is 1. The molecule has 0 radical (unpaired) electrons. The van der Waals surface area contributed by atoms with Gasteiger partial charge in [0, 0.05) is 7.77 Å². The second kappa shape index (κ2) is 10.4. The summed E-state index contributed by atoms with van der Waals surface area (Å²) in [6, 6.07) is 0. The maximum Gasteiger partial charge on any atom is 0.306 e. The molecule has 0 aromatic rings. The molecule has 2 heteroatoms. The van der Waals surface area contributed by atoms with Crippen LogP contribution < -0.4 is 0 Å². The largest absolute Gasteiger partial charge is 0.461 e. The minimum Gasteiger partial charge on any atom is -0.461 e. The lowest BCUT2D eigenvalue weighted by Gasteiger charge is -2.04. The molecule has 0 N–H and O–H groups in total. The lowest BCUT2D eigenvalue weighted by Crippen LogP contribution is -2.04. The van der Waals surface area contributed by atoms with Crippen molar-refractivity contribution in [1.82, 2.24) is 0 Å². The van der Waals surface area contributed by atoms with Gasteiger partial charge in [-0.1, -0.05) is 57.1 Å². The van der Waals surface area contributed by atoms with Crippen LogP contribution >= 0.6 is 0 Å². The molecule has 0 aromatic heterocycles. The monoisotopic (exact) mass is 239 g/mol. The molecule has 0 spiro atoms. The summed E-state index contributed by atoms with van der Waals surface area (Å²) >= 11 is 0. The van der Waals surface area contributed by atoms with E-state index in [4.69, 9.17) is 6.11 Å². The van der Waals surface area contributed by atoms with Gasteiger partial charge in [0.15, 0.2) is 0 Å². The number of hydrogen-bond donors (Lipinski definition) is 0. The third-order valence-corrected chi connectivity index (χ3v) is 3.12. The van der Waals surface area contributed by atoms with Crippen molar-refractivity contribution in [2.75, 3.05) is 6.61 Å². The Labute approximate surface area is 107 Å². The number of esters is 1. The van der Waals surface area contributed by atoms with E-state index in [1.54, 1.807) is 0 Å². The normalized spacial score (nSPS) is 29.1.